The van der Waals surface area contributed by atoms with Crippen molar-refractivity contribution in [3.8, 4) is 29.0 Å². The van der Waals surface area contributed by atoms with Crippen molar-refractivity contribution in [2.75, 3.05) is 39.2 Å². The quantitative estimate of drug-likeness (QED) is 0.471. The van der Waals surface area contributed by atoms with Crippen molar-refractivity contribution in [3.63, 3.8) is 0 Å². The van der Waals surface area contributed by atoms with E-state index in [0.717, 1.165) is 24.8 Å². The number of hydrogen-bond acceptors (Lipinski definition) is 8. The normalized spacial score (nSPS) is 14.3. The fourth-order valence-corrected chi connectivity index (χ4v) is 5.54. The highest BCUT2D eigenvalue weighted by Gasteiger charge is 2.26. The van der Waals surface area contributed by atoms with Crippen LogP contribution in [0.25, 0.3) is 11.5 Å². The predicted octanol–water partition coefficient (Wildman–Crippen LogP) is 4.06. The van der Waals surface area contributed by atoms with Crippen LogP contribution in [0, 0.1) is 11.3 Å². The molecule has 1 aliphatic heterocycles. The second kappa shape index (κ2) is 10.8. The van der Waals surface area contributed by atoms with Gasteiger partial charge >= 0.3 is 0 Å². The van der Waals surface area contributed by atoms with Crippen molar-refractivity contribution in [1.82, 2.24) is 9.29 Å². The highest BCUT2D eigenvalue weighted by molar-refractivity contribution is 7.89. The first-order valence-electron chi connectivity index (χ1n) is 11.4. The van der Waals surface area contributed by atoms with Gasteiger partial charge in [-0.15, -0.1) is 0 Å². The molecule has 4 rings (SSSR count). The Morgan fingerprint density at radius 2 is 1.77 bits per heavy atom. The van der Waals surface area contributed by atoms with Crippen LogP contribution >= 0.6 is 0 Å². The number of anilines is 1. The third-order valence-electron chi connectivity index (χ3n) is 5.93. The lowest BCUT2D eigenvalue weighted by atomic mass is 10.1. The molecule has 10 heteroatoms. The van der Waals surface area contributed by atoms with Crippen molar-refractivity contribution in [2.24, 2.45) is 0 Å². The molecule has 0 bridgehead atoms. The van der Waals surface area contributed by atoms with Gasteiger partial charge < -0.3 is 19.2 Å². The molecule has 184 valence electrons. The maximum Gasteiger partial charge on any atom is 0.243 e. The third kappa shape index (κ3) is 5.42. The summed E-state index contributed by atoms with van der Waals surface area (Å²) in [6.07, 6.45) is 3.48. The zero-order chi connectivity index (χ0) is 24.8. The Hall–Kier alpha value is -3.55. The summed E-state index contributed by atoms with van der Waals surface area (Å²) in [4.78, 5) is 4.51. The Kier molecular flexibility index (Phi) is 7.58. The molecule has 3 aromatic rings. The molecule has 0 aliphatic carbocycles. The monoisotopic (exact) mass is 496 g/mol. The predicted molar refractivity (Wildman–Crippen MR) is 131 cm³/mol. The molecule has 0 unspecified atom stereocenters. The molecule has 0 radical (unpaired) electrons. The van der Waals surface area contributed by atoms with E-state index in [1.165, 1.54) is 4.31 Å². The molecule has 0 saturated carbocycles. The first-order chi connectivity index (χ1) is 17.0. The van der Waals surface area contributed by atoms with Gasteiger partial charge in [0.05, 0.1) is 19.1 Å². The van der Waals surface area contributed by atoms with Gasteiger partial charge in [-0.25, -0.2) is 8.42 Å². The summed E-state index contributed by atoms with van der Waals surface area (Å²) in [7, 11) is -0.339. The van der Waals surface area contributed by atoms with Crippen LogP contribution in [0.4, 0.5) is 5.88 Å². The molecule has 9 nitrogen and oxygen atoms in total. The van der Waals surface area contributed by atoms with Crippen molar-refractivity contribution in [2.45, 2.75) is 30.6 Å². The number of benzene rings is 2. The molecule has 1 saturated heterocycles. The molecule has 0 amide bonds. The highest BCUT2D eigenvalue weighted by Crippen LogP contribution is 2.29. The first-order valence-corrected chi connectivity index (χ1v) is 12.9. The van der Waals surface area contributed by atoms with Gasteiger partial charge in [0.15, 0.2) is 11.5 Å². The summed E-state index contributed by atoms with van der Waals surface area (Å²) < 4.78 is 43.7. The fourth-order valence-electron chi connectivity index (χ4n) is 4.02. The average molecular weight is 497 g/mol. The molecular formula is C25H28N4O5S. The number of sulfonamides is 1. The number of ether oxygens (including phenoxy) is 2. The molecule has 0 atom stereocenters. The van der Waals surface area contributed by atoms with Gasteiger partial charge in [0.1, 0.15) is 6.07 Å². The molecular weight excluding hydrogens is 468 g/mol. The highest BCUT2D eigenvalue weighted by atomic mass is 32.2. The van der Waals surface area contributed by atoms with E-state index >= 15 is 0 Å². The van der Waals surface area contributed by atoms with E-state index < -0.39 is 10.0 Å². The van der Waals surface area contributed by atoms with Crippen LogP contribution < -0.4 is 14.8 Å². The van der Waals surface area contributed by atoms with E-state index in [-0.39, 0.29) is 22.4 Å². The summed E-state index contributed by atoms with van der Waals surface area (Å²) in [6, 6.07) is 14.1. The number of methoxy groups -OCH3 is 2. The summed E-state index contributed by atoms with van der Waals surface area (Å²) in [6.45, 7) is 1.60. The van der Waals surface area contributed by atoms with Gasteiger partial charge in [-0.2, -0.15) is 14.6 Å². The summed E-state index contributed by atoms with van der Waals surface area (Å²) >= 11 is 0. The van der Waals surface area contributed by atoms with Crippen molar-refractivity contribution < 1.29 is 22.3 Å². The molecule has 1 fully saturated rings. The minimum Gasteiger partial charge on any atom is -0.493 e. The van der Waals surface area contributed by atoms with E-state index in [1.54, 1.807) is 38.5 Å². The maximum absolute atomic E-state index is 12.9. The van der Waals surface area contributed by atoms with Gasteiger partial charge in [0.2, 0.25) is 27.5 Å². The lowest BCUT2D eigenvalue weighted by Crippen LogP contribution is -2.35. The lowest BCUT2D eigenvalue weighted by Gasteiger charge is -2.25. The van der Waals surface area contributed by atoms with Crippen molar-refractivity contribution >= 4 is 15.9 Å². The number of piperidine rings is 1. The number of nitrogens with one attached hydrogen (secondary N) is 1. The zero-order valence-corrected chi connectivity index (χ0v) is 20.6. The van der Waals surface area contributed by atoms with E-state index in [1.807, 2.05) is 24.3 Å². The molecule has 1 aromatic heterocycles. The van der Waals surface area contributed by atoms with Crippen molar-refractivity contribution in [1.29, 1.82) is 5.26 Å². The van der Waals surface area contributed by atoms with E-state index in [9.17, 15) is 13.7 Å². The number of aromatic nitrogens is 1. The third-order valence-corrected chi connectivity index (χ3v) is 7.85. The first kappa shape index (κ1) is 24.6. The minimum atomic E-state index is -3.52. The van der Waals surface area contributed by atoms with E-state index in [0.29, 0.717) is 43.1 Å². The molecule has 0 spiro atoms. The second-order valence-electron chi connectivity index (χ2n) is 8.16. The second-order valence-corrected chi connectivity index (χ2v) is 10.1. The number of rotatable bonds is 9. The molecule has 35 heavy (non-hydrogen) atoms. The molecule has 2 aromatic carbocycles. The van der Waals surface area contributed by atoms with Gasteiger partial charge in [-0.1, -0.05) is 12.5 Å². The Bertz CT molecular complexity index is 1310. The Morgan fingerprint density at radius 3 is 2.43 bits per heavy atom. The minimum absolute atomic E-state index is 0.136. The largest absolute Gasteiger partial charge is 0.493 e. The molecule has 1 aliphatic rings. The average Bonchev–Trinajstić information content (AvgIpc) is 3.32. The maximum atomic E-state index is 12.9. The lowest BCUT2D eigenvalue weighted by molar-refractivity contribution is 0.346. The zero-order valence-electron chi connectivity index (χ0n) is 19.8. The van der Waals surface area contributed by atoms with Gasteiger partial charge in [-0.05, 0) is 61.2 Å². The molecule has 2 heterocycles. The molecule has 1 N–H and O–H groups in total. The summed E-state index contributed by atoms with van der Waals surface area (Å²) in [5.74, 6) is 1.83. The van der Waals surface area contributed by atoms with Crippen LogP contribution in [0.1, 0.15) is 30.5 Å². The van der Waals surface area contributed by atoms with Crippen LogP contribution in [0.2, 0.25) is 0 Å². The van der Waals surface area contributed by atoms with Crippen LogP contribution in [0.3, 0.4) is 0 Å². The van der Waals surface area contributed by atoms with Crippen LogP contribution in [0.15, 0.2) is 51.8 Å². The summed E-state index contributed by atoms with van der Waals surface area (Å²) in [5, 5.41) is 12.6. The Balaban J connectivity index is 1.44. The van der Waals surface area contributed by atoms with E-state index in [2.05, 4.69) is 10.3 Å². The summed E-state index contributed by atoms with van der Waals surface area (Å²) in [5.41, 5.74) is 1.75. The van der Waals surface area contributed by atoms with Crippen LogP contribution in [-0.2, 0) is 16.4 Å². The SMILES string of the molecule is COc1ccc(CCNc2oc(-c3ccc(S(=O)(=O)N4CCCCC4)cc3)nc2C#N)cc1OC. The standard InChI is InChI=1S/C25H28N4O5S/c1-32-22-11-6-18(16-23(22)33-2)12-13-27-25-21(17-26)28-24(34-25)19-7-9-20(10-8-19)35(30,31)29-14-4-3-5-15-29/h6-11,16,27H,3-5,12-15H2,1-2H3. The Labute approximate surface area is 205 Å². The topological polar surface area (TPSA) is 118 Å². The van der Waals surface area contributed by atoms with Crippen LogP contribution in [-0.4, -0.2) is 51.6 Å². The Morgan fingerprint density at radius 1 is 1.06 bits per heavy atom. The number of nitrogens with zero attached hydrogens (tertiary/aromatic N) is 3. The smallest absolute Gasteiger partial charge is 0.243 e. The van der Waals surface area contributed by atoms with E-state index in [4.69, 9.17) is 13.9 Å². The van der Waals surface area contributed by atoms with Gasteiger partial charge in [0, 0.05) is 25.2 Å². The number of hydrogen-bond donors (Lipinski definition) is 1. The van der Waals surface area contributed by atoms with Crippen molar-refractivity contribution in [3.05, 3.63) is 53.7 Å². The van der Waals surface area contributed by atoms with Gasteiger partial charge in [-0.3, -0.25) is 0 Å². The fraction of sp³-hybridized carbons (Fsp3) is 0.360. The van der Waals surface area contributed by atoms with Crippen LogP contribution in [0.5, 0.6) is 11.5 Å². The number of oxazole rings is 1. The number of nitriles is 1. The van der Waals surface area contributed by atoms with Gasteiger partial charge in [0.25, 0.3) is 0 Å².